The van der Waals surface area contributed by atoms with Crippen LogP contribution in [0.5, 0.6) is 0 Å². The van der Waals surface area contributed by atoms with Crippen molar-refractivity contribution in [1.82, 2.24) is 5.32 Å². The fraction of sp³-hybridized carbons (Fsp3) is 0.533. The summed E-state index contributed by atoms with van der Waals surface area (Å²) >= 11 is 0. The molecule has 1 aromatic rings. The molecule has 1 rings (SSSR count). The molecule has 106 valence electrons. The molecular weight excluding hydrogens is 240 g/mol. The minimum atomic E-state index is -0.472. The summed E-state index contributed by atoms with van der Waals surface area (Å²) in [6, 6.07) is 8.27. The van der Waals surface area contributed by atoms with Crippen molar-refractivity contribution in [3.63, 3.8) is 0 Å². The number of hydrogen-bond acceptors (Lipinski definition) is 3. The van der Waals surface area contributed by atoms with Crippen molar-refractivity contribution in [2.75, 3.05) is 5.32 Å². The van der Waals surface area contributed by atoms with Crippen molar-refractivity contribution in [3.8, 4) is 0 Å². The molecule has 4 heteroatoms. The van der Waals surface area contributed by atoms with E-state index in [2.05, 4.69) is 24.5 Å². The van der Waals surface area contributed by atoms with Gasteiger partial charge in [-0.05, 0) is 46.2 Å². The first-order valence-electron chi connectivity index (χ1n) is 6.59. The van der Waals surface area contributed by atoms with Gasteiger partial charge in [0.25, 0.3) is 0 Å². The van der Waals surface area contributed by atoms with Crippen LogP contribution in [0.25, 0.3) is 0 Å². The number of carbonyl (C=O) groups is 1. The normalized spacial score (nSPS) is 11.3. The highest BCUT2D eigenvalue weighted by Crippen LogP contribution is 2.16. The summed E-state index contributed by atoms with van der Waals surface area (Å²) in [5.41, 5.74) is 1.61. The van der Waals surface area contributed by atoms with Gasteiger partial charge in [-0.2, -0.15) is 0 Å². The predicted molar refractivity (Wildman–Crippen MR) is 78.3 cm³/mol. The van der Waals surface area contributed by atoms with Gasteiger partial charge in [0.15, 0.2) is 0 Å². The topological polar surface area (TPSA) is 50.4 Å². The van der Waals surface area contributed by atoms with E-state index < -0.39 is 11.7 Å². The minimum Gasteiger partial charge on any atom is -0.444 e. The average Bonchev–Trinajstić information content (AvgIpc) is 2.24. The van der Waals surface area contributed by atoms with Crippen molar-refractivity contribution in [2.45, 2.75) is 52.8 Å². The zero-order chi connectivity index (χ0) is 14.5. The smallest absolute Gasteiger partial charge is 0.407 e. The lowest BCUT2D eigenvalue weighted by molar-refractivity contribution is 0.0523. The fourth-order valence-corrected chi connectivity index (χ4v) is 1.61. The van der Waals surface area contributed by atoms with Gasteiger partial charge < -0.3 is 15.4 Å². The molecule has 0 saturated carbocycles. The molecule has 0 heterocycles. The van der Waals surface area contributed by atoms with E-state index in [1.165, 1.54) is 0 Å². The minimum absolute atomic E-state index is 0.350. The van der Waals surface area contributed by atoms with Crippen LogP contribution in [0, 0.1) is 0 Å². The van der Waals surface area contributed by atoms with Crippen LogP contribution in [0.4, 0.5) is 10.5 Å². The summed E-state index contributed by atoms with van der Waals surface area (Å²) in [5.74, 6) is 0. The number of nitrogens with one attached hydrogen (secondary N) is 2. The van der Waals surface area contributed by atoms with Gasteiger partial charge in [-0.15, -0.1) is 0 Å². The molecule has 4 nitrogen and oxygen atoms in total. The third kappa shape index (κ3) is 6.13. The standard InChI is InChI=1S/C15H24N2O2/c1-11(2)17-13-9-7-6-8-12(13)10-16-14(18)19-15(3,4)5/h6-9,11,17H,10H2,1-5H3,(H,16,18). The molecule has 0 fully saturated rings. The third-order valence-corrected chi connectivity index (χ3v) is 2.28. The number of para-hydroxylation sites is 1. The molecule has 0 unspecified atom stereocenters. The number of anilines is 1. The molecule has 0 bridgehead atoms. The first-order valence-corrected chi connectivity index (χ1v) is 6.59. The Balaban J connectivity index is 2.60. The maximum Gasteiger partial charge on any atom is 0.407 e. The Hall–Kier alpha value is -1.71. The van der Waals surface area contributed by atoms with Crippen LogP contribution in [-0.4, -0.2) is 17.7 Å². The maximum atomic E-state index is 11.6. The van der Waals surface area contributed by atoms with E-state index in [4.69, 9.17) is 4.74 Å². The molecule has 0 atom stereocenters. The van der Waals surface area contributed by atoms with Gasteiger partial charge in [0.05, 0.1) is 0 Å². The van der Waals surface area contributed by atoms with Gasteiger partial charge in [0.1, 0.15) is 5.60 Å². The zero-order valence-electron chi connectivity index (χ0n) is 12.4. The van der Waals surface area contributed by atoms with Crippen LogP contribution >= 0.6 is 0 Å². The van der Waals surface area contributed by atoms with Crippen LogP contribution in [0.2, 0.25) is 0 Å². The summed E-state index contributed by atoms with van der Waals surface area (Å²) in [6.45, 7) is 10.2. The van der Waals surface area contributed by atoms with E-state index in [-0.39, 0.29) is 0 Å². The first kappa shape index (κ1) is 15.3. The lowest BCUT2D eigenvalue weighted by Crippen LogP contribution is -2.32. The Labute approximate surface area is 115 Å². The second-order valence-corrected chi connectivity index (χ2v) is 5.81. The van der Waals surface area contributed by atoms with E-state index >= 15 is 0 Å². The van der Waals surface area contributed by atoms with Crippen molar-refractivity contribution >= 4 is 11.8 Å². The molecule has 0 spiro atoms. The second kappa shape index (κ2) is 6.45. The Morgan fingerprint density at radius 2 is 1.89 bits per heavy atom. The van der Waals surface area contributed by atoms with Crippen LogP contribution in [-0.2, 0) is 11.3 Å². The highest BCUT2D eigenvalue weighted by Gasteiger charge is 2.16. The largest absolute Gasteiger partial charge is 0.444 e. The molecule has 0 aliphatic rings. The molecule has 0 aromatic heterocycles. The van der Waals surface area contributed by atoms with E-state index in [1.54, 1.807) is 0 Å². The first-order chi connectivity index (χ1) is 8.78. The lowest BCUT2D eigenvalue weighted by Gasteiger charge is -2.20. The van der Waals surface area contributed by atoms with E-state index in [1.807, 2.05) is 45.0 Å². The number of alkyl carbamates (subject to hydrolysis) is 1. The van der Waals surface area contributed by atoms with Crippen molar-refractivity contribution in [3.05, 3.63) is 29.8 Å². The van der Waals surface area contributed by atoms with Gasteiger partial charge in [-0.25, -0.2) is 4.79 Å². The SMILES string of the molecule is CC(C)Nc1ccccc1CNC(=O)OC(C)(C)C. The van der Waals surface area contributed by atoms with Crippen LogP contribution in [0.15, 0.2) is 24.3 Å². The van der Waals surface area contributed by atoms with Crippen LogP contribution in [0.1, 0.15) is 40.2 Å². The molecule has 0 aliphatic carbocycles. The Morgan fingerprint density at radius 1 is 1.26 bits per heavy atom. The summed E-state index contributed by atoms with van der Waals surface area (Å²) in [6.07, 6.45) is -0.396. The summed E-state index contributed by atoms with van der Waals surface area (Å²) in [4.78, 5) is 11.6. The van der Waals surface area contributed by atoms with Crippen molar-refractivity contribution in [1.29, 1.82) is 0 Å². The van der Waals surface area contributed by atoms with Crippen LogP contribution < -0.4 is 10.6 Å². The molecule has 0 aliphatic heterocycles. The van der Waals surface area contributed by atoms with Gasteiger partial charge in [0.2, 0.25) is 0 Å². The van der Waals surface area contributed by atoms with Crippen LogP contribution in [0.3, 0.4) is 0 Å². The van der Waals surface area contributed by atoms with Gasteiger partial charge in [-0.1, -0.05) is 18.2 Å². The summed E-state index contributed by atoms with van der Waals surface area (Å²) in [7, 11) is 0. The average molecular weight is 264 g/mol. The molecule has 1 amide bonds. The number of carbonyl (C=O) groups excluding carboxylic acids is 1. The predicted octanol–water partition coefficient (Wildman–Crippen LogP) is 3.53. The summed E-state index contributed by atoms with van der Waals surface area (Å²) < 4.78 is 5.21. The molecule has 19 heavy (non-hydrogen) atoms. The van der Waals surface area contributed by atoms with E-state index in [0.29, 0.717) is 12.6 Å². The highest BCUT2D eigenvalue weighted by molar-refractivity contribution is 5.68. The molecule has 1 aromatic carbocycles. The van der Waals surface area contributed by atoms with E-state index in [9.17, 15) is 4.79 Å². The zero-order valence-corrected chi connectivity index (χ0v) is 12.4. The number of benzene rings is 1. The quantitative estimate of drug-likeness (QED) is 0.874. The monoisotopic (exact) mass is 264 g/mol. The molecule has 0 saturated heterocycles. The van der Waals surface area contributed by atoms with Crippen molar-refractivity contribution < 1.29 is 9.53 Å². The Kier molecular flexibility index (Phi) is 5.21. The van der Waals surface area contributed by atoms with Gasteiger partial charge in [-0.3, -0.25) is 0 Å². The molecule has 0 radical (unpaired) electrons. The number of hydrogen-bond donors (Lipinski definition) is 2. The second-order valence-electron chi connectivity index (χ2n) is 5.81. The number of ether oxygens (including phenoxy) is 1. The van der Waals surface area contributed by atoms with E-state index in [0.717, 1.165) is 11.3 Å². The Bertz CT molecular complexity index is 422. The van der Waals surface area contributed by atoms with Crippen molar-refractivity contribution in [2.24, 2.45) is 0 Å². The number of rotatable bonds is 4. The Morgan fingerprint density at radius 3 is 2.47 bits per heavy atom. The third-order valence-electron chi connectivity index (χ3n) is 2.28. The summed E-state index contributed by atoms with van der Waals surface area (Å²) in [5, 5.41) is 6.12. The fourth-order valence-electron chi connectivity index (χ4n) is 1.61. The lowest BCUT2D eigenvalue weighted by atomic mass is 10.1. The van der Waals surface area contributed by atoms with Gasteiger partial charge in [0, 0.05) is 18.3 Å². The number of amides is 1. The maximum absolute atomic E-state index is 11.6. The van der Waals surface area contributed by atoms with Gasteiger partial charge >= 0.3 is 6.09 Å². The molecular formula is C15H24N2O2. The molecule has 2 N–H and O–H groups in total. The highest BCUT2D eigenvalue weighted by atomic mass is 16.6.